The fraction of sp³-hybridized carbons (Fsp3) is 0.545. The summed E-state index contributed by atoms with van der Waals surface area (Å²) in [4.78, 5) is 4.31. The Hall–Kier alpha value is -1.25. The van der Waals surface area contributed by atoms with Crippen LogP contribution in [0.25, 0.3) is 0 Å². The lowest BCUT2D eigenvalue weighted by atomic mass is 9.90. The summed E-state index contributed by atoms with van der Waals surface area (Å²) in [5.41, 5.74) is 7.16. The van der Waals surface area contributed by atoms with Gasteiger partial charge in [0.2, 0.25) is 0 Å². The SMILES string of the molecule is C=CCn1cnc(CC(C)(C)C)c1N. The molecule has 0 aliphatic heterocycles. The van der Waals surface area contributed by atoms with E-state index >= 15 is 0 Å². The topological polar surface area (TPSA) is 43.8 Å². The molecule has 14 heavy (non-hydrogen) atoms. The lowest BCUT2D eigenvalue weighted by Crippen LogP contribution is -2.11. The van der Waals surface area contributed by atoms with Crippen LogP contribution in [0.3, 0.4) is 0 Å². The van der Waals surface area contributed by atoms with Gasteiger partial charge in [-0.25, -0.2) is 4.98 Å². The fourth-order valence-corrected chi connectivity index (χ4v) is 1.36. The van der Waals surface area contributed by atoms with Crippen LogP contribution in [0, 0.1) is 5.41 Å². The highest BCUT2D eigenvalue weighted by atomic mass is 15.1. The first-order valence-electron chi connectivity index (χ1n) is 4.84. The molecule has 0 saturated carbocycles. The summed E-state index contributed by atoms with van der Waals surface area (Å²) in [5.74, 6) is 0.764. The van der Waals surface area contributed by atoms with E-state index in [1.165, 1.54) is 0 Å². The minimum Gasteiger partial charge on any atom is -0.384 e. The number of nitrogen functional groups attached to an aromatic ring is 1. The maximum atomic E-state index is 5.95. The van der Waals surface area contributed by atoms with Gasteiger partial charge in [0.25, 0.3) is 0 Å². The summed E-state index contributed by atoms with van der Waals surface area (Å²) in [6.45, 7) is 10.9. The van der Waals surface area contributed by atoms with Crippen molar-refractivity contribution < 1.29 is 0 Å². The maximum Gasteiger partial charge on any atom is 0.126 e. The number of allylic oxidation sites excluding steroid dienone is 1. The molecule has 1 rings (SSSR count). The van der Waals surface area contributed by atoms with Crippen LogP contribution in [0.15, 0.2) is 19.0 Å². The van der Waals surface area contributed by atoms with Crippen molar-refractivity contribution >= 4 is 5.82 Å². The van der Waals surface area contributed by atoms with Crippen LogP contribution in [-0.4, -0.2) is 9.55 Å². The molecular weight excluding hydrogens is 174 g/mol. The molecule has 0 aromatic carbocycles. The molecule has 78 valence electrons. The van der Waals surface area contributed by atoms with Gasteiger partial charge in [-0.15, -0.1) is 6.58 Å². The van der Waals surface area contributed by atoms with E-state index in [9.17, 15) is 0 Å². The number of nitrogens with two attached hydrogens (primary N) is 1. The highest BCUT2D eigenvalue weighted by Gasteiger charge is 2.16. The molecule has 0 saturated heterocycles. The largest absolute Gasteiger partial charge is 0.384 e. The average Bonchev–Trinajstić information content (AvgIpc) is 2.34. The van der Waals surface area contributed by atoms with Crippen molar-refractivity contribution in [2.45, 2.75) is 33.7 Å². The second-order valence-corrected chi connectivity index (χ2v) is 4.75. The van der Waals surface area contributed by atoms with Gasteiger partial charge < -0.3 is 10.3 Å². The molecule has 0 radical (unpaired) electrons. The maximum absolute atomic E-state index is 5.95. The van der Waals surface area contributed by atoms with Crippen molar-refractivity contribution in [2.24, 2.45) is 5.41 Å². The third-order valence-corrected chi connectivity index (χ3v) is 1.98. The Balaban J connectivity index is 2.84. The molecule has 0 amide bonds. The Labute approximate surface area is 85.6 Å². The smallest absolute Gasteiger partial charge is 0.126 e. The molecule has 0 atom stereocenters. The minimum absolute atomic E-state index is 0.224. The van der Waals surface area contributed by atoms with Gasteiger partial charge in [-0.05, 0) is 11.8 Å². The monoisotopic (exact) mass is 193 g/mol. The highest BCUT2D eigenvalue weighted by Crippen LogP contribution is 2.23. The zero-order chi connectivity index (χ0) is 10.8. The minimum atomic E-state index is 0.224. The quantitative estimate of drug-likeness (QED) is 0.748. The summed E-state index contributed by atoms with van der Waals surface area (Å²) in [7, 11) is 0. The number of imidazole rings is 1. The number of rotatable bonds is 3. The lowest BCUT2D eigenvalue weighted by Gasteiger charge is -2.16. The van der Waals surface area contributed by atoms with Gasteiger partial charge in [-0.3, -0.25) is 0 Å². The summed E-state index contributed by atoms with van der Waals surface area (Å²) < 4.78 is 1.91. The van der Waals surface area contributed by atoms with Gasteiger partial charge in [0, 0.05) is 6.54 Å². The zero-order valence-corrected chi connectivity index (χ0v) is 9.25. The summed E-state index contributed by atoms with van der Waals surface area (Å²) in [5, 5.41) is 0. The Kier molecular flexibility index (Phi) is 2.99. The second kappa shape index (κ2) is 3.86. The van der Waals surface area contributed by atoms with Crippen LogP contribution in [0.4, 0.5) is 5.82 Å². The lowest BCUT2D eigenvalue weighted by molar-refractivity contribution is 0.407. The van der Waals surface area contributed by atoms with Crippen LogP contribution in [0.1, 0.15) is 26.5 Å². The number of hydrogen-bond acceptors (Lipinski definition) is 2. The van der Waals surface area contributed by atoms with Crippen molar-refractivity contribution in [2.75, 3.05) is 5.73 Å². The van der Waals surface area contributed by atoms with Crippen LogP contribution >= 0.6 is 0 Å². The molecule has 0 bridgehead atoms. The van der Waals surface area contributed by atoms with Crippen LogP contribution in [-0.2, 0) is 13.0 Å². The fourth-order valence-electron chi connectivity index (χ4n) is 1.36. The van der Waals surface area contributed by atoms with E-state index < -0.39 is 0 Å². The molecule has 0 aliphatic carbocycles. The molecular formula is C11H19N3. The molecule has 2 N–H and O–H groups in total. The number of aromatic nitrogens is 2. The molecule has 3 heteroatoms. The van der Waals surface area contributed by atoms with Crippen molar-refractivity contribution in [1.82, 2.24) is 9.55 Å². The molecule has 0 fully saturated rings. The normalized spacial score (nSPS) is 11.6. The van der Waals surface area contributed by atoms with Gasteiger partial charge in [-0.2, -0.15) is 0 Å². The third kappa shape index (κ3) is 2.62. The number of hydrogen-bond donors (Lipinski definition) is 1. The van der Waals surface area contributed by atoms with E-state index in [1.807, 2.05) is 10.6 Å². The molecule has 0 unspecified atom stereocenters. The summed E-state index contributed by atoms with van der Waals surface area (Å²) in [6, 6.07) is 0. The molecule has 1 aromatic rings. The standard InChI is InChI=1S/C11H19N3/c1-5-6-14-8-13-9(10(14)12)7-11(2,3)4/h5,8H,1,6-7,12H2,2-4H3. The molecule has 1 aromatic heterocycles. The van der Waals surface area contributed by atoms with Gasteiger partial charge >= 0.3 is 0 Å². The van der Waals surface area contributed by atoms with Gasteiger partial charge in [0.1, 0.15) is 5.82 Å². The first-order chi connectivity index (χ1) is 6.44. The first kappa shape index (κ1) is 10.8. The summed E-state index contributed by atoms with van der Waals surface area (Å²) in [6.07, 6.45) is 4.50. The molecule has 0 spiro atoms. The van der Waals surface area contributed by atoms with E-state index in [-0.39, 0.29) is 5.41 Å². The Bertz CT molecular complexity index is 318. The van der Waals surface area contributed by atoms with Gasteiger partial charge in [0.15, 0.2) is 0 Å². The first-order valence-corrected chi connectivity index (χ1v) is 4.84. The average molecular weight is 193 g/mol. The number of anilines is 1. The second-order valence-electron chi connectivity index (χ2n) is 4.75. The molecule has 1 heterocycles. The van der Waals surface area contributed by atoms with Gasteiger partial charge in [0.05, 0.1) is 12.0 Å². The van der Waals surface area contributed by atoms with Crippen LogP contribution in [0.5, 0.6) is 0 Å². The van der Waals surface area contributed by atoms with E-state index in [4.69, 9.17) is 5.73 Å². The third-order valence-electron chi connectivity index (χ3n) is 1.98. The van der Waals surface area contributed by atoms with Crippen LogP contribution in [0.2, 0.25) is 0 Å². The van der Waals surface area contributed by atoms with Crippen molar-refractivity contribution in [3.05, 3.63) is 24.7 Å². The van der Waals surface area contributed by atoms with E-state index in [1.54, 1.807) is 6.33 Å². The van der Waals surface area contributed by atoms with Crippen molar-refractivity contribution in [3.8, 4) is 0 Å². The highest BCUT2D eigenvalue weighted by molar-refractivity contribution is 5.36. The van der Waals surface area contributed by atoms with E-state index in [0.29, 0.717) is 0 Å². The van der Waals surface area contributed by atoms with Gasteiger partial charge in [-0.1, -0.05) is 26.8 Å². The predicted octanol–water partition coefficient (Wildman–Crippen LogP) is 2.24. The molecule has 0 aliphatic rings. The van der Waals surface area contributed by atoms with E-state index in [2.05, 4.69) is 32.3 Å². The van der Waals surface area contributed by atoms with E-state index in [0.717, 1.165) is 24.5 Å². The Morgan fingerprint density at radius 3 is 2.71 bits per heavy atom. The Morgan fingerprint density at radius 2 is 2.21 bits per heavy atom. The van der Waals surface area contributed by atoms with Crippen molar-refractivity contribution in [3.63, 3.8) is 0 Å². The summed E-state index contributed by atoms with van der Waals surface area (Å²) >= 11 is 0. The van der Waals surface area contributed by atoms with Crippen LogP contribution < -0.4 is 5.73 Å². The molecule has 3 nitrogen and oxygen atoms in total. The zero-order valence-electron chi connectivity index (χ0n) is 9.25. The number of nitrogens with zero attached hydrogens (tertiary/aromatic N) is 2. The van der Waals surface area contributed by atoms with Crippen molar-refractivity contribution in [1.29, 1.82) is 0 Å². The Morgan fingerprint density at radius 1 is 1.57 bits per heavy atom. The predicted molar refractivity (Wildman–Crippen MR) is 60.0 cm³/mol.